The van der Waals surface area contributed by atoms with Crippen LogP contribution in [-0.2, 0) is 11.2 Å². The Morgan fingerprint density at radius 1 is 1.12 bits per heavy atom. The molecule has 3 heteroatoms. The number of esters is 1. The fraction of sp³-hybridized carbons (Fsp3) is 0.190. The number of benzene rings is 2. The summed E-state index contributed by atoms with van der Waals surface area (Å²) in [7, 11) is 1.42. The highest BCUT2D eigenvalue weighted by Crippen LogP contribution is 2.29. The van der Waals surface area contributed by atoms with Crippen LogP contribution in [0.3, 0.4) is 0 Å². The minimum atomic E-state index is -0.269. The van der Waals surface area contributed by atoms with E-state index in [2.05, 4.69) is 42.5 Å². The Morgan fingerprint density at radius 3 is 2.75 bits per heavy atom. The largest absolute Gasteiger partial charge is 0.465 e. The molecule has 24 heavy (non-hydrogen) atoms. The van der Waals surface area contributed by atoms with Crippen LogP contribution in [0.4, 0.5) is 0 Å². The van der Waals surface area contributed by atoms with E-state index in [9.17, 15) is 4.79 Å². The molecule has 0 fully saturated rings. The fourth-order valence-electron chi connectivity index (χ4n) is 2.71. The number of hydrogen-bond acceptors (Lipinski definition) is 3. The van der Waals surface area contributed by atoms with Gasteiger partial charge < -0.3 is 4.74 Å². The van der Waals surface area contributed by atoms with Crippen molar-refractivity contribution in [2.24, 2.45) is 0 Å². The summed E-state index contributed by atoms with van der Waals surface area (Å²) in [6.45, 7) is 0. The first-order valence-electron chi connectivity index (χ1n) is 8.09. The number of carbonyl (C=O) groups excluding carboxylic acids is 1. The van der Waals surface area contributed by atoms with Crippen molar-refractivity contribution in [3.63, 3.8) is 0 Å². The molecule has 0 saturated carbocycles. The van der Waals surface area contributed by atoms with Gasteiger partial charge in [-0.05, 0) is 42.5 Å². The molecule has 0 aliphatic carbocycles. The minimum Gasteiger partial charge on any atom is -0.465 e. The predicted octanol–water partition coefficient (Wildman–Crippen LogP) is 5.72. The number of rotatable bonds is 6. The second kappa shape index (κ2) is 7.93. The first-order valence-corrected chi connectivity index (χ1v) is 8.91. The van der Waals surface area contributed by atoms with Crippen LogP contribution in [0.2, 0.25) is 0 Å². The summed E-state index contributed by atoms with van der Waals surface area (Å²) in [5.41, 5.74) is 2.53. The van der Waals surface area contributed by atoms with Crippen LogP contribution < -0.4 is 0 Å². The lowest BCUT2D eigenvalue weighted by molar-refractivity contribution is 0.0606. The van der Waals surface area contributed by atoms with E-state index in [0.717, 1.165) is 34.9 Å². The molecule has 2 aromatic carbocycles. The zero-order chi connectivity index (χ0) is 16.8. The maximum absolute atomic E-state index is 11.7. The Bertz CT molecular complexity index is 847. The monoisotopic (exact) mass is 336 g/mol. The molecular weight excluding hydrogens is 316 g/mol. The summed E-state index contributed by atoms with van der Waals surface area (Å²) in [6, 6.07) is 18.6. The van der Waals surface area contributed by atoms with Crippen LogP contribution in [0.1, 0.15) is 33.6 Å². The van der Waals surface area contributed by atoms with E-state index in [1.807, 2.05) is 24.3 Å². The third-order valence-corrected chi connectivity index (χ3v) is 5.04. The van der Waals surface area contributed by atoms with Crippen molar-refractivity contribution in [3.05, 3.63) is 76.7 Å². The number of hydrogen-bond donors (Lipinski definition) is 0. The van der Waals surface area contributed by atoms with Crippen LogP contribution in [0.15, 0.2) is 60.7 Å². The average Bonchev–Trinajstić information content (AvgIpc) is 3.06. The van der Waals surface area contributed by atoms with Gasteiger partial charge >= 0.3 is 5.97 Å². The van der Waals surface area contributed by atoms with Gasteiger partial charge in [-0.15, -0.1) is 11.3 Å². The highest BCUT2D eigenvalue weighted by atomic mass is 32.1. The van der Waals surface area contributed by atoms with E-state index in [0.29, 0.717) is 4.88 Å². The van der Waals surface area contributed by atoms with E-state index in [1.54, 1.807) is 0 Å². The smallest absolute Gasteiger partial charge is 0.348 e. The number of aryl methyl sites for hydroxylation is 1. The molecule has 0 N–H and O–H groups in total. The van der Waals surface area contributed by atoms with Crippen molar-refractivity contribution >= 4 is 33.5 Å². The minimum absolute atomic E-state index is 0.269. The van der Waals surface area contributed by atoms with Crippen LogP contribution in [0.25, 0.3) is 16.2 Å². The first kappa shape index (κ1) is 16.5. The Balaban J connectivity index is 1.66. The second-order valence-electron chi connectivity index (χ2n) is 5.64. The Hall–Kier alpha value is -2.39. The van der Waals surface area contributed by atoms with E-state index < -0.39 is 0 Å². The van der Waals surface area contributed by atoms with Crippen LogP contribution in [0.5, 0.6) is 0 Å². The van der Waals surface area contributed by atoms with Crippen molar-refractivity contribution in [1.82, 2.24) is 0 Å². The average molecular weight is 336 g/mol. The van der Waals surface area contributed by atoms with Crippen molar-refractivity contribution in [2.75, 3.05) is 7.11 Å². The summed E-state index contributed by atoms with van der Waals surface area (Å²) >= 11 is 1.48. The summed E-state index contributed by atoms with van der Waals surface area (Å²) in [5, 5.41) is 1.11. The van der Waals surface area contributed by atoms with E-state index in [-0.39, 0.29) is 5.97 Å². The molecule has 122 valence electrons. The van der Waals surface area contributed by atoms with E-state index in [1.165, 1.54) is 24.0 Å². The quantitative estimate of drug-likeness (QED) is 0.425. The highest BCUT2D eigenvalue weighted by molar-refractivity contribution is 7.20. The van der Waals surface area contributed by atoms with Crippen molar-refractivity contribution < 1.29 is 9.53 Å². The number of thiophene rings is 1. The molecule has 0 bridgehead atoms. The number of methoxy groups -OCH3 is 1. The molecule has 3 rings (SSSR count). The lowest BCUT2D eigenvalue weighted by atomic mass is 10.1. The molecule has 0 radical (unpaired) electrons. The van der Waals surface area contributed by atoms with Gasteiger partial charge in [0.1, 0.15) is 4.88 Å². The maximum atomic E-state index is 11.7. The maximum Gasteiger partial charge on any atom is 0.348 e. The molecule has 0 amide bonds. The van der Waals surface area contributed by atoms with Gasteiger partial charge in [-0.1, -0.05) is 54.6 Å². The molecule has 0 aliphatic rings. The second-order valence-corrected chi connectivity index (χ2v) is 6.73. The number of unbranched alkanes of at least 4 members (excludes halogenated alkanes) is 1. The van der Waals surface area contributed by atoms with Crippen LogP contribution in [0, 0.1) is 0 Å². The zero-order valence-corrected chi connectivity index (χ0v) is 14.5. The van der Waals surface area contributed by atoms with Gasteiger partial charge in [-0.2, -0.15) is 0 Å². The third kappa shape index (κ3) is 3.92. The molecule has 2 nitrogen and oxygen atoms in total. The van der Waals surface area contributed by atoms with Gasteiger partial charge in [0, 0.05) is 10.1 Å². The number of fused-ring (bicyclic) bond motifs is 1. The summed E-state index contributed by atoms with van der Waals surface area (Å²) in [5.74, 6) is -0.269. The number of ether oxygens (including phenoxy) is 1. The predicted molar refractivity (Wildman–Crippen MR) is 102 cm³/mol. The topological polar surface area (TPSA) is 26.3 Å². The number of carbonyl (C=O) groups is 1. The van der Waals surface area contributed by atoms with E-state index in [4.69, 9.17) is 4.74 Å². The molecule has 0 spiro atoms. The van der Waals surface area contributed by atoms with Gasteiger partial charge in [0.25, 0.3) is 0 Å². The van der Waals surface area contributed by atoms with Gasteiger partial charge in [0.05, 0.1) is 7.11 Å². The normalized spacial score (nSPS) is 11.2. The molecule has 1 aromatic heterocycles. The van der Waals surface area contributed by atoms with Crippen molar-refractivity contribution in [2.45, 2.75) is 19.3 Å². The zero-order valence-electron chi connectivity index (χ0n) is 13.7. The molecule has 0 aliphatic heterocycles. The summed E-state index contributed by atoms with van der Waals surface area (Å²) in [4.78, 5) is 12.3. The Kier molecular flexibility index (Phi) is 5.44. The van der Waals surface area contributed by atoms with Gasteiger partial charge in [-0.25, -0.2) is 4.79 Å². The summed E-state index contributed by atoms with van der Waals surface area (Å²) < 4.78 is 5.93. The van der Waals surface area contributed by atoms with Crippen LogP contribution in [-0.4, -0.2) is 13.1 Å². The molecule has 3 aromatic rings. The SMILES string of the molecule is COC(=O)c1cc2c(/C=C/CCCc3ccccc3)cccc2s1. The summed E-state index contributed by atoms with van der Waals surface area (Å²) in [6.07, 6.45) is 7.64. The standard InChI is InChI=1S/C21H20O2S/c1-23-21(22)20-15-18-17(13-8-14-19(18)24-20)12-7-3-6-11-16-9-4-2-5-10-16/h2,4-5,7-10,12-15H,3,6,11H2,1H3/b12-7+. The van der Waals surface area contributed by atoms with Gasteiger partial charge in [0.15, 0.2) is 0 Å². The Labute approximate surface area is 146 Å². The van der Waals surface area contributed by atoms with Crippen molar-refractivity contribution in [3.8, 4) is 0 Å². The fourth-order valence-corrected chi connectivity index (χ4v) is 3.72. The van der Waals surface area contributed by atoms with Gasteiger partial charge in [0.2, 0.25) is 0 Å². The molecule has 0 atom stereocenters. The lowest BCUT2D eigenvalue weighted by Crippen LogP contribution is -1.96. The molecule has 1 heterocycles. The molecule has 0 unspecified atom stereocenters. The van der Waals surface area contributed by atoms with E-state index >= 15 is 0 Å². The molecular formula is C21H20O2S. The van der Waals surface area contributed by atoms with Crippen molar-refractivity contribution in [1.29, 1.82) is 0 Å². The Morgan fingerprint density at radius 2 is 1.96 bits per heavy atom. The molecule has 0 saturated heterocycles. The highest BCUT2D eigenvalue weighted by Gasteiger charge is 2.11. The lowest BCUT2D eigenvalue weighted by Gasteiger charge is -1.99. The van der Waals surface area contributed by atoms with Gasteiger partial charge in [-0.3, -0.25) is 0 Å². The van der Waals surface area contributed by atoms with Crippen LogP contribution >= 0.6 is 11.3 Å². The first-order chi connectivity index (χ1) is 11.8. The third-order valence-electron chi connectivity index (χ3n) is 3.96. The number of allylic oxidation sites excluding steroid dienone is 1.